The topological polar surface area (TPSA) is 87.5 Å². The van der Waals surface area contributed by atoms with Gasteiger partial charge in [0.05, 0.1) is 5.69 Å². The van der Waals surface area contributed by atoms with Crippen LogP contribution in [0.3, 0.4) is 0 Å². The maximum Gasteiger partial charge on any atom is 0.319 e. The molecule has 8 nitrogen and oxygen atoms in total. The molecular weight excluding hydrogens is 397 g/mol. The standard InChI is InChI=1S/C22H20FN7O/c23-16-6-8-17(9-7-16)26-22(31)27-18-10-11-29(13-18)20-12-19(15-4-2-1-3-5-15)28-21-24-14-25-30(20)21/h1-9,12,14,18H,10-11,13H2,(H2,26,27,31)/t18-/m0/s1. The molecule has 3 heterocycles. The number of carbonyl (C=O) groups is 1. The molecule has 1 aliphatic rings. The van der Waals surface area contributed by atoms with Gasteiger partial charge in [-0.3, -0.25) is 0 Å². The molecule has 0 aliphatic carbocycles. The highest BCUT2D eigenvalue weighted by molar-refractivity contribution is 5.89. The summed E-state index contributed by atoms with van der Waals surface area (Å²) < 4.78 is 14.7. The van der Waals surface area contributed by atoms with Crippen molar-refractivity contribution in [1.82, 2.24) is 24.9 Å². The van der Waals surface area contributed by atoms with E-state index in [1.165, 1.54) is 30.6 Å². The van der Waals surface area contributed by atoms with Crippen molar-refractivity contribution in [1.29, 1.82) is 0 Å². The van der Waals surface area contributed by atoms with Crippen molar-refractivity contribution in [3.8, 4) is 11.3 Å². The van der Waals surface area contributed by atoms with Crippen LogP contribution >= 0.6 is 0 Å². The lowest BCUT2D eigenvalue weighted by Crippen LogP contribution is -2.40. The van der Waals surface area contributed by atoms with Gasteiger partial charge in [0.2, 0.25) is 0 Å². The number of hydrogen-bond donors (Lipinski definition) is 2. The monoisotopic (exact) mass is 417 g/mol. The fourth-order valence-corrected chi connectivity index (χ4v) is 3.75. The normalized spacial score (nSPS) is 15.9. The first-order valence-electron chi connectivity index (χ1n) is 10.00. The number of urea groups is 1. The molecule has 0 saturated carbocycles. The molecule has 5 rings (SSSR count). The molecule has 0 bridgehead atoms. The fraction of sp³-hybridized carbons (Fsp3) is 0.182. The minimum Gasteiger partial charge on any atom is -0.354 e. The number of anilines is 2. The zero-order valence-corrected chi connectivity index (χ0v) is 16.6. The van der Waals surface area contributed by atoms with Crippen molar-refractivity contribution in [2.24, 2.45) is 0 Å². The molecule has 0 radical (unpaired) electrons. The van der Waals surface area contributed by atoms with Crippen LogP contribution in [0.15, 0.2) is 67.0 Å². The summed E-state index contributed by atoms with van der Waals surface area (Å²) in [6.45, 7) is 1.39. The first-order chi connectivity index (χ1) is 15.2. The number of carbonyl (C=O) groups excluding carboxylic acids is 1. The summed E-state index contributed by atoms with van der Waals surface area (Å²) >= 11 is 0. The summed E-state index contributed by atoms with van der Waals surface area (Å²) in [4.78, 5) is 23.4. The van der Waals surface area contributed by atoms with Gasteiger partial charge in [-0.25, -0.2) is 14.2 Å². The summed E-state index contributed by atoms with van der Waals surface area (Å²) in [5, 5.41) is 10.0. The number of halogens is 1. The van der Waals surface area contributed by atoms with Crippen LogP contribution in [-0.4, -0.2) is 44.7 Å². The summed E-state index contributed by atoms with van der Waals surface area (Å²) in [6.07, 6.45) is 2.28. The molecule has 2 N–H and O–H groups in total. The highest BCUT2D eigenvalue weighted by atomic mass is 19.1. The Morgan fingerprint density at radius 3 is 2.71 bits per heavy atom. The predicted octanol–water partition coefficient (Wildman–Crippen LogP) is 3.33. The van der Waals surface area contributed by atoms with E-state index < -0.39 is 0 Å². The zero-order valence-electron chi connectivity index (χ0n) is 16.6. The molecule has 1 saturated heterocycles. The second-order valence-corrected chi connectivity index (χ2v) is 7.37. The molecule has 1 fully saturated rings. The lowest BCUT2D eigenvalue weighted by Gasteiger charge is -2.20. The number of aromatic nitrogens is 4. The lowest BCUT2D eigenvalue weighted by atomic mass is 10.1. The van der Waals surface area contributed by atoms with Crippen LogP contribution in [-0.2, 0) is 0 Å². The van der Waals surface area contributed by atoms with Crippen LogP contribution in [0.5, 0.6) is 0 Å². The quantitative estimate of drug-likeness (QED) is 0.532. The van der Waals surface area contributed by atoms with E-state index in [0.29, 0.717) is 18.0 Å². The van der Waals surface area contributed by atoms with Crippen LogP contribution in [0.1, 0.15) is 6.42 Å². The van der Waals surface area contributed by atoms with E-state index in [1.54, 1.807) is 4.52 Å². The molecule has 1 atom stereocenters. The van der Waals surface area contributed by atoms with Gasteiger partial charge in [-0.15, -0.1) is 0 Å². The summed E-state index contributed by atoms with van der Waals surface area (Å²) in [5.41, 5.74) is 2.36. The van der Waals surface area contributed by atoms with E-state index in [0.717, 1.165) is 30.0 Å². The molecule has 4 aromatic rings. The van der Waals surface area contributed by atoms with Crippen LogP contribution in [0, 0.1) is 5.82 Å². The van der Waals surface area contributed by atoms with Gasteiger partial charge in [-0.05, 0) is 30.7 Å². The van der Waals surface area contributed by atoms with Gasteiger partial charge >= 0.3 is 6.03 Å². The van der Waals surface area contributed by atoms with E-state index >= 15 is 0 Å². The molecule has 9 heteroatoms. The van der Waals surface area contributed by atoms with Gasteiger partial charge in [0.1, 0.15) is 18.0 Å². The molecular formula is C22H20FN7O. The van der Waals surface area contributed by atoms with Gasteiger partial charge in [0.25, 0.3) is 5.78 Å². The average Bonchev–Trinajstić information content (AvgIpc) is 3.45. The van der Waals surface area contributed by atoms with Gasteiger partial charge in [0.15, 0.2) is 0 Å². The summed E-state index contributed by atoms with van der Waals surface area (Å²) in [6, 6.07) is 17.2. The van der Waals surface area contributed by atoms with E-state index in [2.05, 4.69) is 30.6 Å². The van der Waals surface area contributed by atoms with Gasteiger partial charge in [0, 0.05) is 36.4 Å². The number of hydrogen-bond acceptors (Lipinski definition) is 5. The minimum atomic E-state index is -0.343. The van der Waals surface area contributed by atoms with E-state index in [9.17, 15) is 9.18 Å². The highest BCUT2D eigenvalue weighted by Crippen LogP contribution is 2.26. The van der Waals surface area contributed by atoms with E-state index in [4.69, 9.17) is 0 Å². The Bertz CT molecular complexity index is 1210. The Morgan fingerprint density at radius 1 is 1.10 bits per heavy atom. The molecule has 0 unspecified atom stereocenters. The van der Waals surface area contributed by atoms with Crippen molar-refractivity contribution >= 4 is 23.3 Å². The SMILES string of the molecule is O=C(Nc1ccc(F)cc1)N[C@H]1CCN(c2cc(-c3ccccc3)nc3ncnn23)C1. The number of nitrogens with one attached hydrogen (secondary N) is 2. The Labute approximate surface area is 177 Å². The van der Waals surface area contributed by atoms with Crippen LogP contribution in [0.4, 0.5) is 20.7 Å². The molecule has 156 valence electrons. The number of benzene rings is 2. The largest absolute Gasteiger partial charge is 0.354 e. The maximum atomic E-state index is 13.0. The number of rotatable bonds is 4. The Balaban J connectivity index is 1.32. The molecule has 1 aliphatic heterocycles. The fourth-order valence-electron chi connectivity index (χ4n) is 3.75. The van der Waals surface area contributed by atoms with Crippen LogP contribution in [0.2, 0.25) is 0 Å². The van der Waals surface area contributed by atoms with E-state index in [1.807, 2.05) is 36.4 Å². The molecule has 2 aromatic heterocycles. The minimum absolute atomic E-state index is 0.0349. The second-order valence-electron chi connectivity index (χ2n) is 7.37. The van der Waals surface area contributed by atoms with Gasteiger partial charge < -0.3 is 15.5 Å². The third-order valence-corrected chi connectivity index (χ3v) is 5.25. The van der Waals surface area contributed by atoms with Gasteiger partial charge in [-0.2, -0.15) is 14.6 Å². The predicted molar refractivity (Wildman–Crippen MR) is 115 cm³/mol. The Kier molecular flexibility index (Phi) is 4.91. The van der Waals surface area contributed by atoms with Crippen LogP contribution in [0.25, 0.3) is 17.0 Å². The second kappa shape index (κ2) is 8.02. The Hall–Kier alpha value is -4.01. The molecule has 0 spiro atoms. The van der Waals surface area contributed by atoms with Crippen molar-refractivity contribution in [3.63, 3.8) is 0 Å². The first-order valence-corrected chi connectivity index (χ1v) is 10.00. The molecule has 2 aromatic carbocycles. The smallest absolute Gasteiger partial charge is 0.319 e. The summed E-state index contributed by atoms with van der Waals surface area (Å²) in [5.74, 6) is 1.07. The van der Waals surface area contributed by atoms with Gasteiger partial charge in [-0.1, -0.05) is 30.3 Å². The third kappa shape index (κ3) is 4.02. The first kappa shape index (κ1) is 19.0. The molecule has 31 heavy (non-hydrogen) atoms. The Morgan fingerprint density at radius 2 is 1.90 bits per heavy atom. The van der Waals surface area contributed by atoms with Crippen molar-refractivity contribution in [3.05, 3.63) is 72.8 Å². The number of fused-ring (bicyclic) bond motifs is 1. The van der Waals surface area contributed by atoms with Crippen molar-refractivity contribution < 1.29 is 9.18 Å². The summed E-state index contributed by atoms with van der Waals surface area (Å²) in [7, 11) is 0. The molecule has 2 amide bonds. The van der Waals surface area contributed by atoms with E-state index in [-0.39, 0.29) is 17.9 Å². The average molecular weight is 417 g/mol. The lowest BCUT2D eigenvalue weighted by molar-refractivity contribution is 0.249. The zero-order chi connectivity index (χ0) is 21.2. The van der Waals surface area contributed by atoms with Crippen molar-refractivity contribution in [2.75, 3.05) is 23.3 Å². The van der Waals surface area contributed by atoms with Crippen LogP contribution < -0.4 is 15.5 Å². The maximum absolute atomic E-state index is 13.0. The third-order valence-electron chi connectivity index (χ3n) is 5.25. The van der Waals surface area contributed by atoms with Crippen molar-refractivity contribution in [2.45, 2.75) is 12.5 Å². The highest BCUT2D eigenvalue weighted by Gasteiger charge is 2.26. The number of nitrogens with zero attached hydrogens (tertiary/aromatic N) is 5. The number of amides is 2.